The molecule has 5 nitrogen and oxygen atoms in total. The quantitative estimate of drug-likeness (QED) is 0.724. The average molecular weight is 271 g/mol. The van der Waals surface area contributed by atoms with E-state index in [0.717, 1.165) is 32.1 Å². The SMILES string of the molecule is CCC(C)OCC(=O)N[C@H]1CCCCC[C@H]1C(=O)O. The van der Waals surface area contributed by atoms with E-state index in [2.05, 4.69) is 5.32 Å². The molecule has 0 aromatic heterocycles. The second-order valence-electron chi connectivity index (χ2n) is 5.29. The van der Waals surface area contributed by atoms with E-state index in [4.69, 9.17) is 4.74 Å². The molecule has 2 N–H and O–H groups in total. The maximum Gasteiger partial charge on any atom is 0.308 e. The molecule has 0 bridgehead atoms. The fraction of sp³-hybridized carbons (Fsp3) is 0.857. The number of rotatable bonds is 6. The van der Waals surface area contributed by atoms with E-state index in [9.17, 15) is 14.7 Å². The van der Waals surface area contributed by atoms with Gasteiger partial charge in [0.25, 0.3) is 0 Å². The lowest BCUT2D eigenvalue weighted by Crippen LogP contribution is -2.44. The van der Waals surface area contributed by atoms with E-state index >= 15 is 0 Å². The van der Waals surface area contributed by atoms with E-state index in [1.54, 1.807) is 0 Å². The van der Waals surface area contributed by atoms with Gasteiger partial charge in [0, 0.05) is 6.04 Å². The first-order valence-electron chi connectivity index (χ1n) is 7.18. The van der Waals surface area contributed by atoms with Gasteiger partial charge in [-0.1, -0.05) is 26.2 Å². The molecule has 1 unspecified atom stereocenters. The average Bonchev–Trinajstić information content (AvgIpc) is 2.61. The summed E-state index contributed by atoms with van der Waals surface area (Å²) in [5, 5.41) is 12.0. The molecular weight excluding hydrogens is 246 g/mol. The predicted molar refractivity (Wildman–Crippen MR) is 71.8 cm³/mol. The number of carbonyl (C=O) groups is 2. The highest BCUT2D eigenvalue weighted by molar-refractivity contribution is 5.79. The second-order valence-corrected chi connectivity index (χ2v) is 5.29. The van der Waals surface area contributed by atoms with Crippen LogP contribution in [0.3, 0.4) is 0 Å². The molecule has 1 aliphatic carbocycles. The van der Waals surface area contributed by atoms with Crippen LogP contribution in [0, 0.1) is 5.92 Å². The maximum absolute atomic E-state index is 11.8. The van der Waals surface area contributed by atoms with Crippen molar-refractivity contribution in [3.8, 4) is 0 Å². The third-order valence-electron chi connectivity index (χ3n) is 3.75. The standard InChI is InChI=1S/C14H25NO4/c1-3-10(2)19-9-13(16)15-12-8-6-4-5-7-11(12)14(17)18/h10-12H,3-9H2,1-2H3,(H,15,16)(H,17,18)/t10?,11-,12+/m1/s1. The van der Waals surface area contributed by atoms with Crippen molar-refractivity contribution in [2.24, 2.45) is 5.92 Å². The number of nitrogens with one attached hydrogen (secondary N) is 1. The molecular formula is C14H25NO4. The van der Waals surface area contributed by atoms with Crippen molar-refractivity contribution in [2.75, 3.05) is 6.61 Å². The zero-order valence-corrected chi connectivity index (χ0v) is 11.9. The summed E-state index contributed by atoms with van der Waals surface area (Å²) in [7, 11) is 0. The lowest BCUT2D eigenvalue weighted by Gasteiger charge is -2.23. The van der Waals surface area contributed by atoms with Gasteiger partial charge in [-0.2, -0.15) is 0 Å². The predicted octanol–water partition coefficient (Wildman–Crippen LogP) is 1.95. The number of amides is 1. The molecule has 1 aliphatic rings. The van der Waals surface area contributed by atoms with Crippen molar-refractivity contribution in [3.63, 3.8) is 0 Å². The Morgan fingerprint density at radius 3 is 2.63 bits per heavy atom. The van der Waals surface area contributed by atoms with Crippen molar-refractivity contribution in [3.05, 3.63) is 0 Å². The van der Waals surface area contributed by atoms with Crippen molar-refractivity contribution in [1.82, 2.24) is 5.32 Å². The number of carboxylic acids is 1. The Labute approximate surface area is 114 Å². The van der Waals surface area contributed by atoms with Crippen molar-refractivity contribution < 1.29 is 19.4 Å². The van der Waals surface area contributed by atoms with Crippen LogP contribution in [0.4, 0.5) is 0 Å². The van der Waals surface area contributed by atoms with Crippen LogP contribution in [-0.4, -0.2) is 35.7 Å². The molecule has 1 fully saturated rings. The summed E-state index contributed by atoms with van der Waals surface area (Å²) in [5.74, 6) is -1.48. The van der Waals surface area contributed by atoms with Crippen molar-refractivity contribution in [1.29, 1.82) is 0 Å². The van der Waals surface area contributed by atoms with Crippen LogP contribution >= 0.6 is 0 Å². The zero-order chi connectivity index (χ0) is 14.3. The van der Waals surface area contributed by atoms with E-state index in [1.807, 2.05) is 13.8 Å². The minimum absolute atomic E-state index is 0.0118. The van der Waals surface area contributed by atoms with Gasteiger partial charge in [-0.05, 0) is 26.2 Å². The van der Waals surface area contributed by atoms with Gasteiger partial charge < -0.3 is 15.2 Å². The Bertz CT molecular complexity index is 306. The van der Waals surface area contributed by atoms with E-state index < -0.39 is 11.9 Å². The molecule has 5 heteroatoms. The van der Waals surface area contributed by atoms with Gasteiger partial charge in [0.2, 0.25) is 5.91 Å². The summed E-state index contributed by atoms with van der Waals surface area (Å²) in [6.45, 7) is 3.92. The van der Waals surface area contributed by atoms with Crippen LogP contribution in [0.25, 0.3) is 0 Å². The molecule has 3 atom stereocenters. The Kier molecular flexibility index (Phi) is 6.84. The molecule has 0 radical (unpaired) electrons. The molecule has 0 heterocycles. The van der Waals surface area contributed by atoms with E-state index in [1.165, 1.54) is 0 Å². The smallest absolute Gasteiger partial charge is 0.308 e. The third kappa shape index (κ3) is 5.59. The normalized spacial score (nSPS) is 25.4. The number of hydrogen-bond donors (Lipinski definition) is 2. The van der Waals surface area contributed by atoms with Crippen LogP contribution in [0.1, 0.15) is 52.4 Å². The van der Waals surface area contributed by atoms with Gasteiger partial charge in [-0.25, -0.2) is 0 Å². The highest BCUT2D eigenvalue weighted by Gasteiger charge is 2.30. The molecule has 110 valence electrons. The maximum atomic E-state index is 11.8. The van der Waals surface area contributed by atoms with Crippen LogP contribution in [0.2, 0.25) is 0 Å². The first kappa shape index (κ1) is 16.0. The highest BCUT2D eigenvalue weighted by Crippen LogP contribution is 2.23. The molecule has 0 saturated heterocycles. The fourth-order valence-electron chi connectivity index (χ4n) is 2.36. The number of carboxylic acid groups (broad SMARTS) is 1. The summed E-state index contributed by atoms with van der Waals surface area (Å²) in [5.41, 5.74) is 0. The van der Waals surface area contributed by atoms with Gasteiger partial charge in [0.15, 0.2) is 0 Å². The summed E-state index contributed by atoms with van der Waals surface area (Å²) in [4.78, 5) is 23.0. The number of carbonyl (C=O) groups excluding carboxylic acids is 1. The summed E-state index contributed by atoms with van der Waals surface area (Å²) >= 11 is 0. The first-order chi connectivity index (χ1) is 9.04. The van der Waals surface area contributed by atoms with E-state index in [-0.39, 0.29) is 24.7 Å². The topological polar surface area (TPSA) is 75.6 Å². The Morgan fingerprint density at radius 2 is 2.00 bits per heavy atom. The summed E-state index contributed by atoms with van der Waals surface area (Å²) in [6.07, 6.45) is 5.23. The third-order valence-corrected chi connectivity index (χ3v) is 3.75. The van der Waals surface area contributed by atoms with Crippen LogP contribution in [0.15, 0.2) is 0 Å². The largest absolute Gasteiger partial charge is 0.481 e. The Hall–Kier alpha value is -1.10. The van der Waals surface area contributed by atoms with Crippen LogP contribution in [-0.2, 0) is 14.3 Å². The molecule has 1 rings (SSSR count). The van der Waals surface area contributed by atoms with Gasteiger partial charge >= 0.3 is 5.97 Å². The van der Waals surface area contributed by atoms with E-state index in [0.29, 0.717) is 6.42 Å². The Morgan fingerprint density at radius 1 is 1.32 bits per heavy atom. The number of aliphatic carboxylic acids is 1. The Balaban J connectivity index is 2.46. The summed E-state index contributed by atoms with van der Waals surface area (Å²) < 4.78 is 5.36. The van der Waals surface area contributed by atoms with Gasteiger partial charge in [-0.3, -0.25) is 9.59 Å². The number of hydrogen-bond acceptors (Lipinski definition) is 3. The molecule has 0 aliphatic heterocycles. The van der Waals surface area contributed by atoms with Gasteiger partial charge in [0.05, 0.1) is 12.0 Å². The lowest BCUT2D eigenvalue weighted by molar-refractivity contribution is -0.143. The highest BCUT2D eigenvalue weighted by atomic mass is 16.5. The second kappa shape index (κ2) is 8.15. The molecule has 19 heavy (non-hydrogen) atoms. The number of ether oxygens (including phenoxy) is 1. The zero-order valence-electron chi connectivity index (χ0n) is 11.9. The molecule has 1 amide bonds. The van der Waals surface area contributed by atoms with Gasteiger partial charge in [-0.15, -0.1) is 0 Å². The van der Waals surface area contributed by atoms with Crippen LogP contribution in [0.5, 0.6) is 0 Å². The van der Waals surface area contributed by atoms with Gasteiger partial charge in [0.1, 0.15) is 6.61 Å². The molecule has 0 spiro atoms. The molecule has 0 aromatic rings. The minimum atomic E-state index is -0.810. The van der Waals surface area contributed by atoms with Crippen LogP contribution < -0.4 is 5.32 Å². The molecule has 1 saturated carbocycles. The lowest BCUT2D eigenvalue weighted by atomic mass is 9.95. The molecule has 0 aromatic carbocycles. The fourth-order valence-corrected chi connectivity index (χ4v) is 2.36. The first-order valence-corrected chi connectivity index (χ1v) is 7.18. The van der Waals surface area contributed by atoms with Crippen molar-refractivity contribution >= 4 is 11.9 Å². The minimum Gasteiger partial charge on any atom is -0.481 e. The van der Waals surface area contributed by atoms with Crippen molar-refractivity contribution in [2.45, 2.75) is 64.5 Å². The summed E-state index contributed by atoms with van der Waals surface area (Å²) in [6, 6.07) is -0.256. The monoisotopic (exact) mass is 271 g/mol.